The molecule has 6 nitrogen and oxygen atoms in total. The van der Waals surface area contributed by atoms with E-state index in [4.69, 9.17) is 14.2 Å². The largest absolute Gasteiger partial charge is 0.379 e. The molecule has 0 aliphatic carbocycles. The number of piperidine rings is 1. The number of benzene rings is 1. The molecule has 2 atom stereocenters. The van der Waals surface area contributed by atoms with Crippen LogP contribution in [0.25, 0.3) is 0 Å². The molecule has 3 aliphatic rings. The monoisotopic (exact) mass is 400 g/mol. The molecular weight excluding hydrogens is 368 g/mol. The molecule has 1 amide bonds. The Hall–Kier alpha value is -1.73. The van der Waals surface area contributed by atoms with Crippen LogP contribution in [0.4, 0.5) is 0 Å². The number of rotatable bonds is 6. The van der Waals surface area contributed by atoms with Crippen molar-refractivity contribution in [1.29, 1.82) is 0 Å². The van der Waals surface area contributed by atoms with Crippen LogP contribution in [0.2, 0.25) is 0 Å². The van der Waals surface area contributed by atoms with Gasteiger partial charge in [-0.2, -0.15) is 0 Å². The first-order valence-corrected chi connectivity index (χ1v) is 10.8. The fourth-order valence-corrected chi connectivity index (χ4v) is 4.48. The van der Waals surface area contributed by atoms with Gasteiger partial charge in [0, 0.05) is 45.4 Å². The zero-order chi connectivity index (χ0) is 19.9. The molecule has 3 aliphatic heterocycles. The summed E-state index contributed by atoms with van der Waals surface area (Å²) in [6, 6.07) is 10.2. The van der Waals surface area contributed by atoms with Gasteiger partial charge in [0.15, 0.2) is 0 Å². The van der Waals surface area contributed by atoms with E-state index < -0.39 is 0 Å². The quantitative estimate of drug-likeness (QED) is 0.686. The van der Waals surface area contributed by atoms with Gasteiger partial charge in [-0.1, -0.05) is 36.4 Å². The molecule has 29 heavy (non-hydrogen) atoms. The number of carbonyl (C=O) groups excluding carboxylic acids is 1. The summed E-state index contributed by atoms with van der Waals surface area (Å²) in [5.41, 5.74) is 0.915. The molecule has 0 aromatic heterocycles. The van der Waals surface area contributed by atoms with Gasteiger partial charge in [0.05, 0.1) is 25.4 Å². The van der Waals surface area contributed by atoms with E-state index in [9.17, 15) is 4.79 Å². The highest BCUT2D eigenvalue weighted by Crippen LogP contribution is 2.38. The fraction of sp³-hybridized carbons (Fsp3) is 0.609. The summed E-state index contributed by atoms with van der Waals surface area (Å²) < 4.78 is 17.9. The van der Waals surface area contributed by atoms with Gasteiger partial charge in [0.2, 0.25) is 5.91 Å². The van der Waals surface area contributed by atoms with Crippen molar-refractivity contribution in [3.8, 4) is 0 Å². The first-order chi connectivity index (χ1) is 14.3. The molecule has 2 unspecified atom stereocenters. The molecule has 0 N–H and O–H groups in total. The minimum absolute atomic E-state index is 0.0689. The number of morpholine rings is 1. The lowest BCUT2D eigenvalue weighted by atomic mass is 9.85. The molecule has 3 fully saturated rings. The van der Waals surface area contributed by atoms with Crippen LogP contribution in [0.1, 0.15) is 24.8 Å². The number of amides is 1. The van der Waals surface area contributed by atoms with Crippen LogP contribution in [-0.4, -0.2) is 80.0 Å². The van der Waals surface area contributed by atoms with Crippen LogP contribution in [0, 0.1) is 0 Å². The van der Waals surface area contributed by atoms with Crippen LogP contribution >= 0.6 is 0 Å². The summed E-state index contributed by atoms with van der Waals surface area (Å²) in [7, 11) is 0. The van der Waals surface area contributed by atoms with Crippen LogP contribution in [0.3, 0.4) is 0 Å². The highest BCUT2D eigenvalue weighted by Gasteiger charge is 2.47. The lowest BCUT2D eigenvalue weighted by Crippen LogP contribution is -2.57. The Balaban J connectivity index is 1.34. The van der Waals surface area contributed by atoms with Crippen molar-refractivity contribution < 1.29 is 19.0 Å². The third-order valence-corrected chi connectivity index (χ3v) is 6.25. The minimum atomic E-state index is -0.233. The van der Waals surface area contributed by atoms with Crippen molar-refractivity contribution in [3.63, 3.8) is 0 Å². The minimum Gasteiger partial charge on any atom is -0.379 e. The van der Waals surface area contributed by atoms with Crippen molar-refractivity contribution in [2.24, 2.45) is 0 Å². The number of likely N-dealkylation sites (tertiary alicyclic amines) is 1. The molecule has 1 aromatic rings. The summed E-state index contributed by atoms with van der Waals surface area (Å²) in [6.07, 6.45) is 6.53. The standard InChI is InChI=1S/C23H32N2O4/c26-22(8-4-11-24-13-16-27-17-14-24)25-12-10-23(9-5-15-29-23)21(18-25)28-19-20-6-2-1-3-7-20/h1-4,6-8,21H,5,9-19H2. The van der Waals surface area contributed by atoms with Crippen LogP contribution < -0.4 is 0 Å². The van der Waals surface area contributed by atoms with E-state index >= 15 is 0 Å². The number of carbonyl (C=O) groups is 1. The van der Waals surface area contributed by atoms with E-state index in [1.807, 2.05) is 29.2 Å². The van der Waals surface area contributed by atoms with Gasteiger partial charge in [-0.25, -0.2) is 0 Å². The highest BCUT2D eigenvalue weighted by molar-refractivity contribution is 5.87. The Morgan fingerprint density at radius 2 is 1.97 bits per heavy atom. The van der Waals surface area contributed by atoms with E-state index in [0.717, 1.165) is 70.8 Å². The second-order valence-electron chi connectivity index (χ2n) is 8.15. The summed E-state index contributed by atoms with van der Waals surface area (Å²) in [6.45, 7) is 6.86. The van der Waals surface area contributed by atoms with Crippen molar-refractivity contribution in [2.45, 2.75) is 37.6 Å². The van der Waals surface area contributed by atoms with Gasteiger partial charge < -0.3 is 19.1 Å². The molecule has 6 heteroatoms. The van der Waals surface area contributed by atoms with E-state index in [2.05, 4.69) is 17.0 Å². The maximum atomic E-state index is 12.8. The van der Waals surface area contributed by atoms with Crippen LogP contribution in [0.5, 0.6) is 0 Å². The zero-order valence-corrected chi connectivity index (χ0v) is 17.1. The second kappa shape index (κ2) is 9.85. The van der Waals surface area contributed by atoms with Gasteiger partial charge >= 0.3 is 0 Å². The molecule has 3 heterocycles. The number of hydrogen-bond acceptors (Lipinski definition) is 5. The molecule has 4 rings (SSSR count). The van der Waals surface area contributed by atoms with Gasteiger partial charge in [-0.15, -0.1) is 0 Å². The Kier molecular flexibility index (Phi) is 6.98. The maximum absolute atomic E-state index is 12.8. The number of hydrogen-bond donors (Lipinski definition) is 0. The predicted molar refractivity (Wildman–Crippen MR) is 111 cm³/mol. The first kappa shape index (κ1) is 20.5. The van der Waals surface area contributed by atoms with Crippen molar-refractivity contribution in [3.05, 3.63) is 48.0 Å². The SMILES string of the molecule is O=C(C=CCN1CCOCC1)N1CCC2(CCCO2)C(OCc2ccccc2)C1. The molecule has 0 bridgehead atoms. The van der Waals surface area contributed by atoms with Crippen molar-refractivity contribution in [1.82, 2.24) is 9.80 Å². The predicted octanol–water partition coefficient (Wildman–Crippen LogP) is 2.24. The third kappa shape index (κ3) is 5.25. The fourth-order valence-electron chi connectivity index (χ4n) is 4.48. The number of ether oxygens (including phenoxy) is 3. The van der Waals surface area contributed by atoms with E-state index in [1.54, 1.807) is 6.08 Å². The van der Waals surface area contributed by atoms with Gasteiger partial charge in [0.25, 0.3) is 0 Å². The van der Waals surface area contributed by atoms with Gasteiger partial charge in [0.1, 0.15) is 6.10 Å². The smallest absolute Gasteiger partial charge is 0.246 e. The summed E-state index contributed by atoms with van der Waals surface area (Å²) in [4.78, 5) is 17.0. The molecule has 1 aromatic carbocycles. The Morgan fingerprint density at radius 1 is 1.14 bits per heavy atom. The molecule has 3 saturated heterocycles. The highest BCUT2D eigenvalue weighted by atomic mass is 16.6. The van der Waals surface area contributed by atoms with Crippen LogP contribution in [-0.2, 0) is 25.6 Å². The molecular formula is C23H32N2O4. The topological polar surface area (TPSA) is 51.2 Å². The lowest BCUT2D eigenvalue weighted by Gasteiger charge is -2.44. The lowest BCUT2D eigenvalue weighted by molar-refractivity contribution is -0.165. The van der Waals surface area contributed by atoms with E-state index in [0.29, 0.717) is 13.2 Å². The maximum Gasteiger partial charge on any atom is 0.246 e. The van der Waals surface area contributed by atoms with Crippen molar-refractivity contribution in [2.75, 3.05) is 52.5 Å². The van der Waals surface area contributed by atoms with Gasteiger partial charge in [-0.05, 0) is 24.8 Å². The molecule has 0 radical (unpaired) electrons. The summed E-state index contributed by atoms with van der Waals surface area (Å²) in [5.74, 6) is 0.0689. The Morgan fingerprint density at radius 3 is 2.72 bits per heavy atom. The Labute approximate surface area is 173 Å². The average molecular weight is 401 g/mol. The summed E-state index contributed by atoms with van der Waals surface area (Å²) in [5, 5.41) is 0. The van der Waals surface area contributed by atoms with Gasteiger partial charge in [-0.3, -0.25) is 9.69 Å². The molecule has 0 saturated carbocycles. The van der Waals surface area contributed by atoms with E-state index in [1.165, 1.54) is 0 Å². The average Bonchev–Trinajstić information content (AvgIpc) is 3.24. The second-order valence-corrected chi connectivity index (χ2v) is 8.15. The Bertz CT molecular complexity index is 681. The van der Waals surface area contributed by atoms with Crippen LogP contribution in [0.15, 0.2) is 42.5 Å². The molecule has 158 valence electrons. The molecule has 1 spiro atoms. The normalized spacial score (nSPS) is 28.4. The van der Waals surface area contributed by atoms with E-state index in [-0.39, 0.29) is 17.6 Å². The summed E-state index contributed by atoms with van der Waals surface area (Å²) >= 11 is 0. The zero-order valence-electron chi connectivity index (χ0n) is 17.1. The third-order valence-electron chi connectivity index (χ3n) is 6.25. The number of nitrogens with zero attached hydrogens (tertiary/aromatic N) is 2. The van der Waals surface area contributed by atoms with Crippen molar-refractivity contribution >= 4 is 5.91 Å². The first-order valence-electron chi connectivity index (χ1n) is 10.8.